The summed E-state index contributed by atoms with van der Waals surface area (Å²) in [4.78, 5) is 24.7. The lowest BCUT2D eigenvalue weighted by molar-refractivity contribution is -0.136. The van der Waals surface area contributed by atoms with Gasteiger partial charge in [-0.25, -0.2) is 10.1 Å². The summed E-state index contributed by atoms with van der Waals surface area (Å²) in [5, 5.41) is 20.0. The Kier molecular flexibility index (Phi) is 7.24. The van der Waals surface area contributed by atoms with Crippen LogP contribution in [-0.2, 0) is 9.59 Å². The van der Waals surface area contributed by atoms with E-state index in [9.17, 15) is 9.59 Å². The van der Waals surface area contributed by atoms with Crippen molar-refractivity contribution in [2.45, 2.75) is 0 Å². The number of halogens is 1. The smallest absolute Gasteiger partial charge is 0.292 e. The number of benzene rings is 3. The summed E-state index contributed by atoms with van der Waals surface area (Å²) in [5.41, 5.74) is 6.19. The number of para-hydroxylation sites is 1. The molecule has 0 unspecified atom stereocenters. The molecular formula is C26H18BrN7O2S. The molecule has 0 bridgehead atoms. The second-order valence-corrected chi connectivity index (χ2v) is 9.54. The number of carbonyl (C=O) groups excluding carboxylic acids is 2. The highest BCUT2D eigenvalue weighted by Crippen LogP contribution is 2.26. The molecule has 0 fully saturated rings. The van der Waals surface area contributed by atoms with Gasteiger partial charge in [0.25, 0.3) is 0 Å². The molecule has 5 rings (SSSR count). The van der Waals surface area contributed by atoms with Gasteiger partial charge in [-0.05, 0) is 24.3 Å². The molecule has 0 aliphatic rings. The lowest BCUT2D eigenvalue weighted by Crippen LogP contribution is -2.32. The van der Waals surface area contributed by atoms with Crippen LogP contribution in [0.15, 0.2) is 101 Å². The Bertz CT molecular complexity index is 1570. The number of anilines is 1. The number of amides is 2. The van der Waals surface area contributed by atoms with Crippen LogP contribution in [0.4, 0.5) is 5.13 Å². The van der Waals surface area contributed by atoms with E-state index in [-0.39, 0.29) is 5.13 Å². The van der Waals surface area contributed by atoms with E-state index in [0.717, 1.165) is 21.3 Å². The van der Waals surface area contributed by atoms with E-state index >= 15 is 0 Å². The normalized spacial score (nSPS) is 10.9. The number of aromatic nitrogens is 4. The second kappa shape index (κ2) is 11.1. The minimum absolute atomic E-state index is 0.213. The summed E-state index contributed by atoms with van der Waals surface area (Å²) < 4.78 is 2.67. The topological polar surface area (TPSA) is 114 Å². The van der Waals surface area contributed by atoms with Crippen LogP contribution in [0.5, 0.6) is 0 Å². The van der Waals surface area contributed by atoms with Crippen molar-refractivity contribution in [3.05, 3.63) is 101 Å². The van der Waals surface area contributed by atoms with Crippen LogP contribution in [0.2, 0.25) is 0 Å². The summed E-state index contributed by atoms with van der Waals surface area (Å²) in [7, 11) is 0. The maximum Gasteiger partial charge on any atom is 0.329 e. The molecule has 3 aromatic carbocycles. The Balaban J connectivity index is 1.29. The largest absolute Gasteiger partial charge is 0.329 e. The molecule has 0 aliphatic heterocycles. The highest BCUT2D eigenvalue weighted by Gasteiger charge is 2.17. The SMILES string of the molecule is O=C(N/N=C/c1cn(-c2ccccc2)nc1-c1ccc(Br)cc1)C(=O)Nc1nnc(-c2ccccc2)s1. The molecule has 2 aromatic heterocycles. The van der Waals surface area contributed by atoms with Gasteiger partial charge in [0.15, 0.2) is 0 Å². The second-order valence-electron chi connectivity index (χ2n) is 7.65. The molecule has 0 atom stereocenters. The predicted molar refractivity (Wildman–Crippen MR) is 146 cm³/mol. The van der Waals surface area contributed by atoms with Crippen LogP contribution < -0.4 is 10.7 Å². The molecule has 5 aromatic rings. The van der Waals surface area contributed by atoms with E-state index in [1.54, 1.807) is 10.9 Å². The van der Waals surface area contributed by atoms with Gasteiger partial charge in [-0.15, -0.1) is 10.2 Å². The summed E-state index contributed by atoms with van der Waals surface area (Å²) >= 11 is 4.61. The fraction of sp³-hybridized carbons (Fsp3) is 0. The van der Waals surface area contributed by atoms with E-state index < -0.39 is 11.8 Å². The molecule has 0 spiro atoms. The van der Waals surface area contributed by atoms with E-state index in [2.05, 4.69) is 42.0 Å². The minimum Gasteiger partial charge on any atom is -0.292 e. The maximum atomic E-state index is 12.3. The van der Waals surface area contributed by atoms with Crippen LogP contribution >= 0.6 is 27.3 Å². The van der Waals surface area contributed by atoms with Gasteiger partial charge in [0.2, 0.25) is 5.13 Å². The first kappa shape index (κ1) is 24.2. The highest BCUT2D eigenvalue weighted by molar-refractivity contribution is 9.10. The monoisotopic (exact) mass is 571 g/mol. The van der Waals surface area contributed by atoms with Crippen molar-refractivity contribution >= 4 is 50.4 Å². The number of carbonyl (C=O) groups is 2. The molecule has 0 saturated heterocycles. The Morgan fingerprint density at radius 2 is 1.57 bits per heavy atom. The molecule has 0 aliphatic carbocycles. The number of hydrogen-bond donors (Lipinski definition) is 2. The van der Waals surface area contributed by atoms with Gasteiger partial charge in [0, 0.05) is 27.4 Å². The molecule has 0 radical (unpaired) electrons. The Labute approximate surface area is 224 Å². The molecule has 182 valence electrons. The summed E-state index contributed by atoms with van der Waals surface area (Å²) in [5.74, 6) is -1.84. The highest BCUT2D eigenvalue weighted by atomic mass is 79.9. The first-order valence-corrected chi connectivity index (χ1v) is 12.6. The number of nitrogens with zero attached hydrogens (tertiary/aromatic N) is 5. The van der Waals surface area contributed by atoms with Gasteiger partial charge >= 0.3 is 11.8 Å². The Morgan fingerprint density at radius 3 is 2.30 bits per heavy atom. The third kappa shape index (κ3) is 5.85. The van der Waals surface area contributed by atoms with Crippen LogP contribution in [0.25, 0.3) is 27.5 Å². The third-order valence-corrected chi connectivity index (χ3v) is 6.54. The average Bonchev–Trinajstić information content (AvgIpc) is 3.58. The van der Waals surface area contributed by atoms with Crippen molar-refractivity contribution in [3.63, 3.8) is 0 Å². The lowest BCUT2D eigenvalue weighted by atomic mass is 10.1. The van der Waals surface area contributed by atoms with Crippen LogP contribution in [0, 0.1) is 0 Å². The maximum absolute atomic E-state index is 12.3. The molecule has 0 saturated carbocycles. The molecule has 2 heterocycles. The van der Waals surface area contributed by atoms with Crippen LogP contribution in [0.3, 0.4) is 0 Å². The van der Waals surface area contributed by atoms with Crippen molar-refractivity contribution in [2.24, 2.45) is 5.10 Å². The van der Waals surface area contributed by atoms with Gasteiger partial charge in [-0.1, -0.05) is 87.9 Å². The summed E-state index contributed by atoms with van der Waals surface area (Å²) in [6.45, 7) is 0. The van der Waals surface area contributed by atoms with Gasteiger partial charge in [0.05, 0.1) is 11.9 Å². The predicted octanol–water partition coefficient (Wildman–Crippen LogP) is 4.91. The van der Waals surface area contributed by atoms with E-state index in [1.807, 2.05) is 84.9 Å². The van der Waals surface area contributed by atoms with Crippen molar-refractivity contribution < 1.29 is 9.59 Å². The summed E-state index contributed by atoms with van der Waals surface area (Å²) in [6, 6.07) is 26.7. The van der Waals surface area contributed by atoms with Gasteiger partial charge in [-0.2, -0.15) is 10.2 Å². The first-order valence-electron chi connectivity index (χ1n) is 11.0. The quantitative estimate of drug-likeness (QED) is 0.171. The first-order chi connectivity index (χ1) is 18.1. The van der Waals surface area contributed by atoms with Crippen molar-refractivity contribution in [1.82, 2.24) is 25.4 Å². The average molecular weight is 572 g/mol. The molecule has 2 N–H and O–H groups in total. The number of rotatable bonds is 6. The van der Waals surface area contributed by atoms with E-state index in [1.165, 1.54) is 17.6 Å². The standard InChI is InChI=1S/C26H18BrN7O2S/c27-20-13-11-17(12-14-20)22-19(16-34(33-22)21-9-5-2-6-10-21)15-28-30-24(36)23(35)29-26-32-31-25(37-26)18-7-3-1-4-8-18/h1-16H,(H,30,36)(H,29,32,35)/b28-15+. The zero-order valence-corrected chi connectivity index (χ0v) is 21.5. The fourth-order valence-corrected chi connectivity index (χ4v) is 4.37. The number of hydrazone groups is 1. The molecule has 37 heavy (non-hydrogen) atoms. The van der Waals surface area contributed by atoms with Crippen molar-refractivity contribution in [2.75, 3.05) is 5.32 Å². The van der Waals surface area contributed by atoms with Gasteiger partial charge in [0.1, 0.15) is 10.7 Å². The van der Waals surface area contributed by atoms with Crippen molar-refractivity contribution in [1.29, 1.82) is 0 Å². The Hall–Kier alpha value is -4.48. The van der Waals surface area contributed by atoms with Crippen LogP contribution in [-0.4, -0.2) is 38.0 Å². The summed E-state index contributed by atoms with van der Waals surface area (Å²) in [6.07, 6.45) is 3.25. The zero-order valence-electron chi connectivity index (χ0n) is 19.1. The lowest BCUT2D eigenvalue weighted by Gasteiger charge is -2.01. The molecule has 2 amide bonds. The third-order valence-electron chi connectivity index (χ3n) is 5.12. The minimum atomic E-state index is -0.937. The van der Waals surface area contributed by atoms with Gasteiger partial charge in [-0.3, -0.25) is 14.9 Å². The van der Waals surface area contributed by atoms with E-state index in [0.29, 0.717) is 16.3 Å². The van der Waals surface area contributed by atoms with Gasteiger partial charge < -0.3 is 0 Å². The molecule has 11 heteroatoms. The van der Waals surface area contributed by atoms with Crippen LogP contribution in [0.1, 0.15) is 5.56 Å². The Morgan fingerprint density at radius 1 is 0.865 bits per heavy atom. The number of hydrogen-bond acceptors (Lipinski definition) is 7. The molecule has 9 nitrogen and oxygen atoms in total. The molecular weight excluding hydrogens is 554 g/mol. The number of nitrogens with one attached hydrogen (secondary N) is 2. The van der Waals surface area contributed by atoms with Crippen molar-refractivity contribution in [3.8, 4) is 27.5 Å². The zero-order chi connectivity index (χ0) is 25.6. The van der Waals surface area contributed by atoms with E-state index in [4.69, 9.17) is 5.10 Å². The fourth-order valence-electron chi connectivity index (χ4n) is 3.36.